The maximum absolute atomic E-state index is 13.1. The molecule has 2 amide bonds. The standard InChI is InChI=1S/C24H35N3O2S/c1-6-7-8-9-10-19-11-13-20(14-12-19)24(29)27(18(4)5)15-22-26-21(16-30-22)23(28)25-17(2)3/h11-14,16-18H,6-10,15H2,1-5H3,(H,25,28). The molecule has 0 bridgehead atoms. The van der Waals surface area contributed by atoms with Crippen molar-refractivity contribution in [3.05, 3.63) is 51.5 Å². The summed E-state index contributed by atoms with van der Waals surface area (Å²) in [6.07, 6.45) is 6.01. The molecule has 2 rings (SSSR count). The molecule has 0 saturated carbocycles. The van der Waals surface area contributed by atoms with Gasteiger partial charge in [0.15, 0.2) is 0 Å². The minimum atomic E-state index is -0.176. The van der Waals surface area contributed by atoms with E-state index in [1.165, 1.54) is 42.6 Å². The van der Waals surface area contributed by atoms with E-state index >= 15 is 0 Å². The molecule has 6 heteroatoms. The lowest BCUT2D eigenvalue weighted by Gasteiger charge is -2.26. The van der Waals surface area contributed by atoms with E-state index in [9.17, 15) is 9.59 Å². The van der Waals surface area contributed by atoms with Gasteiger partial charge in [0.25, 0.3) is 11.8 Å². The number of aromatic nitrogens is 1. The minimum Gasteiger partial charge on any atom is -0.349 e. The summed E-state index contributed by atoms with van der Waals surface area (Å²) < 4.78 is 0. The maximum atomic E-state index is 13.1. The third kappa shape index (κ3) is 7.24. The van der Waals surface area contributed by atoms with Gasteiger partial charge < -0.3 is 10.2 Å². The van der Waals surface area contributed by atoms with Crippen LogP contribution in [0, 0.1) is 0 Å². The summed E-state index contributed by atoms with van der Waals surface area (Å²) in [6.45, 7) is 10.4. The van der Waals surface area contributed by atoms with Crippen molar-refractivity contribution < 1.29 is 9.59 Å². The van der Waals surface area contributed by atoms with Gasteiger partial charge in [-0.05, 0) is 58.2 Å². The van der Waals surface area contributed by atoms with Crippen LogP contribution in [0.3, 0.4) is 0 Å². The molecule has 1 aromatic heterocycles. The monoisotopic (exact) mass is 429 g/mol. The molecule has 1 aromatic carbocycles. The molecule has 0 fully saturated rings. The topological polar surface area (TPSA) is 62.3 Å². The number of carbonyl (C=O) groups is 2. The van der Waals surface area contributed by atoms with Crippen LogP contribution in [0.2, 0.25) is 0 Å². The van der Waals surface area contributed by atoms with Gasteiger partial charge in [-0.3, -0.25) is 9.59 Å². The van der Waals surface area contributed by atoms with Gasteiger partial charge in [0.1, 0.15) is 10.7 Å². The average molecular weight is 430 g/mol. The van der Waals surface area contributed by atoms with Crippen LogP contribution in [0.1, 0.15) is 91.7 Å². The van der Waals surface area contributed by atoms with E-state index in [0.717, 1.165) is 11.4 Å². The van der Waals surface area contributed by atoms with E-state index < -0.39 is 0 Å². The predicted molar refractivity (Wildman–Crippen MR) is 124 cm³/mol. The minimum absolute atomic E-state index is 0.00841. The first-order chi connectivity index (χ1) is 14.3. The van der Waals surface area contributed by atoms with Gasteiger partial charge in [-0.25, -0.2) is 4.98 Å². The highest BCUT2D eigenvalue weighted by Gasteiger charge is 2.21. The van der Waals surface area contributed by atoms with Crippen molar-refractivity contribution in [2.75, 3.05) is 0 Å². The predicted octanol–water partition coefficient (Wildman–Crippen LogP) is 5.45. The van der Waals surface area contributed by atoms with Crippen LogP contribution in [0.25, 0.3) is 0 Å². The third-order valence-corrected chi connectivity index (χ3v) is 5.75. The Hall–Kier alpha value is -2.21. The average Bonchev–Trinajstić information content (AvgIpc) is 3.18. The Balaban J connectivity index is 2.03. The SMILES string of the molecule is CCCCCCc1ccc(C(=O)N(Cc2nc(C(=O)NC(C)C)cs2)C(C)C)cc1. The molecular weight excluding hydrogens is 394 g/mol. The molecule has 0 unspecified atom stereocenters. The van der Waals surface area contributed by atoms with Crippen LogP contribution < -0.4 is 5.32 Å². The highest BCUT2D eigenvalue weighted by molar-refractivity contribution is 7.09. The molecule has 30 heavy (non-hydrogen) atoms. The number of amides is 2. The number of rotatable bonds is 11. The molecule has 1 N–H and O–H groups in total. The summed E-state index contributed by atoms with van der Waals surface area (Å²) >= 11 is 1.41. The lowest BCUT2D eigenvalue weighted by molar-refractivity contribution is 0.0690. The van der Waals surface area contributed by atoms with Crippen molar-refractivity contribution in [1.29, 1.82) is 0 Å². The molecule has 0 radical (unpaired) electrons. The summed E-state index contributed by atoms with van der Waals surface area (Å²) in [5.41, 5.74) is 2.38. The highest BCUT2D eigenvalue weighted by atomic mass is 32.1. The van der Waals surface area contributed by atoms with Gasteiger partial charge >= 0.3 is 0 Å². The normalized spacial score (nSPS) is 11.2. The van der Waals surface area contributed by atoms with Crippen molar-refractivity contribution in [3.63, 3.8) is 0 Å². The zero-order chi connectivity index (χ0) is 22.1. The van der Waals surface area contributed by atoms with E-state index in [1.54, 1.807) is 10.3 Å². The lowest BCUT2D eigenvalue weighted by Crippen LogP contribution is -2.36. The van der Waals surface area contributed by atoms with Gasteiger partial charge in [-0.2, -0.15) is 0 Å². The second kappa shape index (κ2) is 11.8. The molecule has 0 spiro atoms. The third-order valence-electron chi connectivity index (χ3n) is 4.91. The molecule has 1 heterocycles. The number of nitrogens with zero attached hydrogens (tertiary/aromatic N) is 2. The molecule has 2 aromatic rings. The molecular formula is C24H35N3O2S. The molecule has 0 aliphatic heterocycles. The fourth-order valence-corrected chi connectivity index (χ4v) is 3.97. The van der Waals surface area contributed by atoms with E-state index in [-0.39, 0.29) is 23.9 Å². The summed E-state index contributed by atoms with van der Waals surface area (Å²) in [5, 5.41) is 5.36. The van der Waals surface area contributed by atoms with E-state index in [0.29, 0.717) is 17.8 Å². The molecule has 164 valence electrons. The van der Waals surface area contributed by atoms with Crippen molar-refractivity contribution in [2.45, 2.75) is 85.4 Å². The lowest BCUT2D eigenvalue weighted by atomic mass is 10.0. The first-order valence-electron chi connectivity index (χ1n) is 11.0. The zero-order valence-electron chi connectivity index (χ0n) is 18.9. The van der Waals surface area contributed by atoms with Crippen LogP contribution in [-0.2, 0) is 13.0 Å². The van der Waals surface area contributed by atoms with Crippen molar-refractivity contribution >= 4 is 23.2 Å². The first-order valence-corrected chi connectivity index (χ1v) is 11.8. The van der Waals surface area contributed by atoms with E-state index in [4.69, 9.17) is 0 Å². The molecule has 0 aliphatic carbocycles. The van der Waals surface area contributed by atoms with Crippen LogP contribution in [0.4, 0.5) is 0 Å². The molecule has 5 nitrogen and oxygen atoms in total. The van der Waals surface area contributed by atoms with Gasteiger partial charge in [0, 0.05) is 23.0 Å². The van der Waals surface area contributed by atoms with Crippen molar-refractivity contribution in [3.8, 4) is 0 Å². The Labute approximate surface area is 184 Å². The largest absolute Gasteiger partial charge is 0.349 e. The van der Waals surface area contributed by atoms with Crippen molar-refractivity contribution in [2.24, 2.45) is 0 Å². The first kappa shape index (κ1) is 24.1. The molecule has 0 aliphatic rings. The van der Waals surface area contributed by atoms with Crippen molar-refractivity contribution in [1.82, 2.24) is 15.2 Å². The number of nitrogens with one attached hydrogen (secondary N) is 1. The van der Waals surface area contributed by atoms with Gasteiger partial charge in [0.05, 0.1) is 6.54 Å². The fraction of sp³-hybridized carbons (Fsp3) is 0.542. The van der Waals surface area contributed by atoms with Crippen LogP contribution in [-0.4, -0.2) is 33.8 Å². The molecule has 0 atom stereocenters. The summed E-state index contributed by atoms with van der Waals surface area (Å²) in [7, 11) is 0. The van der Waals surface area contributed by atoms with Gasteiger partial charge in [-0.1, -0.05) is 38.3 Å². The Morgan fingerprint density at radius 3 is 2.37 bits per heavy atom. The Morgan fingerprint density at radius 1 is 1.07 bits per heavy atom. The maximum Gasteiger partial charge on any atom is 0.270 e. The fourth-order valence-electron chi connectivity index (χ4n) is 3.19. The number of benzene rings is 1. The summed E-state index contributed by atoms with van der Waals surface area (Å²) in [4.78, 5) is 31.5. The van der Waals surface area contributed by atoms with Crippen LogP contribution in [0.5, 0.6) is 0 Å². The number of unbranched alkanes of at least 4 members (excludes halogenated alkanes) is 3. The van der Waals surface area contributed by atoms with Crippen LogP contribution >= 0.6 is 11.3 Å². The number of hydrogen-bond donors (Lipinski definition) is 1. The number of aryl methyl sites for hydroxylation is 1. The van der Waals surface area contributed by atoms with Gasteiger partial charge in [-0.15, -0.1) is 11.3 Å². The summed E-state index contributed by atoms with van der Waals surface area (Å²) in [5.74, 6) is -0.185. The Bertz CT molecular complexity index is 812. The number of hydrogen-bond acceptors (Lipinski definition) is 4. The number of carbonyl (C=O) groups excluding carboxylic acids is 2. The zero-order valence-corrected chi connectivity index (χ0v) is 19.7. The van der Waals surface area contributed by atoms with Gasteiger partial charge in [0.2, 0.25) is 0 Å². The smallest absolute Gasteiger partial charge is 0.270 e. The second-order valence-electron chi connectivity index (χ2n) is 8.29. The highest BCUT2D eigenvalue weighted by Crippen LogP contribution is 2.18. The number of thiazole rings is 1. The van der Waals surface area contributed by atoms with E-state index in [2.05, 4.69) is 29.4 Å². The Morgan fingerprint density at radius 2 is 1.77 bits per heavy atom. The Kier molecular flexibility index (Phi) is 9.50. The second-order valence-corrected chi connectivity index (χ2v) is 9.23. The van der Waals surface area contributed by atoms with Crippen LogP contribution in [0.15, 0.2) is 29.6 Å². The quantitative estimate of drug-likeness (QED) is 0.483. The molecule has 0 saturated heterocycles. The van der Waals surface area contributed by atoms with E-state index in [1.807, 2.05) is 39.8 Å². The summed E-state index contributed by atoms with van der Waals surface area (Å²) in [6, 6.07) is 8.08.